The van der Waals surface area contributed by atoms with E-state index in [1.165, 1.54) is 23.1 Å². The highest BCUT2D eigenvalue weighted by Gasteiger charge is 2.44. The Morgan fingerprint density at radius 3 is 2.81 bits per heavy atom. The van der Waals surface area contributed by atoms with Crippen molar-refractivity contribution in [3.05, 3.63) is 34.9 Å². The summed E-state index contributed by atoms with van der Waals surface area (Å²) in [5.41, 5.74) is -0.360. The van der Waals surface area contributed by atoms with E-state index in [2.05, 4.69) is 5.32 Å². The average Bonchev–Trinajstić information content (AvgIpc) is 2.46. The zero-order chi connectivity index (χ0) is 14.8. The summed E-state index contributed by atoms with van der Waals surface area (Å²) in [4.78, 5) is 13.3. The largest absolute Gasteiger partial charge is 0.350 e. The Hall–Kier alpha value is -0.910. The maximum atomic E-state index is 14.3. The zero-order valence-electron chi connectivity index (χ0n) is 11.6. The number of nitrogens with zero attached hydrogens (tertiary/aromatic N) is 1. The first-order chi connectivity index (χ1) is 9.45. The minimum absolute atomic E-state index is 0. The van der Waals surface area contributed by atoms with Gasteiger partial charge in [-0.3, -0.25) is 4.79 Å². The van der Waals surface area contributed by atoms with Crippen LogP contribution in [0.2, 0.25) is 5.02 Å². The number of alkyl halides is 2. The number of rotatable bonds is 3. The van der Waals surface area contributed by atoms with E-state index < -0.39 is 11.8 Å². The van der Waals surface area contributed by atoms with Crippen LogP contribution in [0.5, 0.6) is 0 Å². The van der Waals surface area contributed by atoms with Crippen molar-refractivity contribution < 1.29 is 13.6 Å². The number of likely N-dealkylation sites (N-methyl/N-ethyl adjacent to an activating group) is 1. The topological polar surface area (TPSA) is 32.3 Å². The van der Waals surface area contributed by atoms with E-state index in [9.17, 15) is 13.6 Å². The second-order valence-electron chi connectivity index (χ2n) is 4.96. The van der Waals surface area contributed by atoms with Crippen LogP contribution >= 0.6 is 24.0 Å². The van der Waals surface area contributed by atoms with Crippen molar-refractivity contribution in [2.45, 2.75) is 24.8 Å². The molecule has 1 amide bonds. The third-order valence-electron chi connectivity index (χ3n) is 3.57. The summed E-state index contributed by atoms with van der Waals surface area (Å²) in [6.45, 7) is 0.679. The summed E-state index contributed by atoms with van der Waals surface area (Å²) in [6.07, 6.45) is 1.62. The molecule has 1 aliphatic rings. The molecule has 7 heteroatoms. The second kappa shape index (κ2) is 7.38. The Kier molecular flexibility index (Phi) is 6.38. The Balaban J connectivity index is 0.00000220. The molecule has 1 unspecified atom stereocenters. The molecule has 3 nitrogen and oxygen atoms in total. The number of likely N-dealkylation sites (tertiary alicyclic amines) is 1. The lowest BCUT2D eigenvalue weighted by Gasteiger charge is -2.34. The molecule has 1 fully saturated rings. The summed E-state index contributed by atoms with van der Waals surface area (Å²) in [6, 6.07) is 5.36. The standard InChI is InChI=1S/C14H17ClF2N2O.ClH/c1-18-12-6-3-7-19(9-12)13(20)14(16,17)10-4-2-5-11(15)8-10;/h2,4-5,8,12,18H,3,6-7,9H2,1H3;1H. The smallest absolute Gasteiger partial charge is 0.336 e. The van der Waals surface area contributed by atoms with Crippen LogP contribution < -0.4 is 5.32 Å². The summed E-state index contributed by atoms with van der Waals surface area (Å²) in [5.74, 6) is -4.69. The maximum Gasteiger partial charge on any atom is 0.350 e. The predicted octanol–water partition coefficient (Wildman–Crippen LogP) is 3.06. The molecule has 1 N–H and O–H groups in total. The van der Waals surface area contributed by atoms with E-state index in [0.717, 1.165) is 18.9 Å². The van der Waals surface area contributed by atoms with Crippen molar-refractivity contribution in [3.8, 4) is 0 Å². The van der Waals surface area contributed by atoms with Crippen molar-refractivity contribution in [3.63, 3.8) is 0 Å². The molecule has 0 spiro atoms. The molecule has 1 saturated heterocycles. The number of halogens is 4. The number of carbonyl (C=O) groups is 1. The van der Waals surface area contributed by atoms with Crippen LogP contribution in [0.25, 0.3) is 0 Å². The van der Waals surface area contributed by atoms with Gasteiger partial charge in [0.1, 0.15) is 0 Å². The molecule has 1 aromatic rings. The predicted molar refractivity (Wildman–Crippen MR) is 81.3 cm³/mol. The molecule has 0 bridgehead atoms. The highest BCUT2D eigenvalue weighted by molar-refractivity contribution is 6.30. The lowest BCUT2D eigenvalue weighted by Crippen LogP contribution is -2.51. The molecule has 0 aromatic heterocycles. The lowest BCUT2D eigenvalue weighted by molar-refractivity contribution is -0.160. The second-order valence-corrected chi connectivity index (χ2v) is 5.40. The van der Waals surface area contributed by atoms with Gasteiger partial charge < -0.3 is 10.2 Å². The molecule has 1 atom stereocenters. The normalized spacial score (nSPS) is 19.0. The van der Waals surface area contributed by atoms with Crippen molar-refractivity contribution in [1.82, 2.24) is 10.2 Å². The Labute approximate surface area is 134 Å². The van der Waals surface area contributed by atoms with E-state index in [1.54, 1.807) is 7.05 Å². The number of benzene rings is 1. The van der Waals surface area contributed by atoms with Gasteiger partial charge in [0.2, 0.25) is 0 Å². The number of carbonyl (C=O) groups excluding carboxylic acids is 1. The first-order valence-electron chi connectivity index (χ1n) is 6.55. The minimum Gasteiger partial charge on any atom is -0.336 e. The first kappa shape index (κ1) is 18.1. The summed E-state index contributed by atoms with van der Waals surface area (Å²) < 4.78 is 28.5. The monoisotopic (exact) mass is 338 g/mol. The first-order valence-corrected chi connectivity index (χ1v) is 6.93. The molecular formula is C14H18Cl2F2N2O. The fourth-order valence-corrected chi connectivity index (χ4v) is 2.59. The van der Waals surface area contributed by atoms with E-state index in [4.69, 9.17) is 11.6 Å². The number of hydrogen-bond donors (Lipinski definition) is 1. The van der Waals surface area contributed by atoms with Crippen LogP contribution in [0.4, 0.5) is 8.78 Å². The van der Waals surface area contributed by atoms with Crippen LogP contribution in [0.1, 0.15) is 18.4 Å². The van der Waals surface area contributed by atoms with Crippen LogP contribution in [0.15, 0.2) is 24.3 Å². The van der Waals surface area contributed by atoms with E-state index >= 15 is 0 Å². The molecule has 21 heavy (non-hydrogen) atoms. The Morgan fingerprint density at radius 2 is 2.19 bits per heavy atom. The third-order valence-corrected chi connectivity index (χ3v) is 3.81. The van der Waals surface area contributed by atoms with Crippen LogP contribution in [-0.2, 0) is 10.7 Å². The van der Waals surface area contributed by atoms with Gasteiger partial charge in [0.25, 0.3) is 5.91 Å². The van der Waals surface area contributed by atoms with Crippen LogP contribution in [0.3, 0.4) is 0 Å². The van der Waals surface area contributed by atoms with Gasteiger partial charge in [-0.25, -0.2) is 0 Å². The molecule has 1 aliphatic heterocycles. The molecule has 0 aliphatic carbocycles. The molecule has 118 valence electrons. The van der Waals surface area contributed by atoms with Crippen LogP contribution in [0, 0.1) is 0 Å². The number of amides is 1. The van der Waals surface area contributed by atoms with E-state index in [-0.39, 0.29) is 29.0 Å². The molecule has 0 saturated carbocycles. The summed E-state index contributed by atoms with van der Waals surface area (Å²) in [7, 11) is 1.77. The van der Waals surface area contributed by atoms with Crippen molar-refractivity contribution in [2.24, 2.45) is 0 Å². The van der Waals surface area contributed by atoms with Gasteiger partial charge in [0.05, 0.1) is 0 Å². The summed E-state index contributed by atoms with van der Waals surface area (Å²) >= 11 is 5.72. The van der Waals surface area contributed by atoms with Crippen molar-refractivity contribution in [2.75, 3.05) is 20.1 Å². The Morgan fingerprint density at radius 1 is 1.48 bits per heavy atom. The van der Waals surface area contributed by atoms with Gasteiger partial charge in [0.15, 0.2) is 0 Å². The van der Waals surface area contributed by atoms with Gasteiger partial charge in [-0.1, -0.05) is 23.7 Å². The number of piperidine rings is 1. The van der Waals surface area contributed by atoms with Gasteiger partial charge in [-0.15, -0.1) is 12.4 Å². The van der Waals surface area contributed by atoms with E-state index in [1.807, 2.05) is 0 Å². The maximum absolute atomic E-state index is 14.3. The molecule has 1 heterocycles. The Bertz CT molecular complexity index is 500. The van der Waals surface area contributed by atoms with Gasteiger partial charge in [-0.2, -0.15) is 8.78 Å². The van der Waals surface area contributed by atoms with Crippen molar-refractivity contribution >= 4 is 29.9 Å². The quantitative estimate of drug-likeness (QED) is 0.918. The minimum atomic E-state index is -3.54. The molecule has 2 rings (SSSR count). The van der Waals surface area contributed by atoms with Crippen molar-refractivity contribution in [1.29, 1.82) is 0 Å². The zero-order valence-corrected chi connectivity index (χ0v) is 13.2. The lowest BCUT2D eigenvalue weighted by atomic mass is 10.0. The van der Waals surface area contributed by atoms with Gasteiger partial charge >= 0.3 is 5.92 Å². The highest BCUT2D eigenvalue weighted by atomic mass is 35.5. The summed E-state index contributed by atoms with van der Waals surface area (Å²) in [5, 5.41) is 3.23. The number of hydrogen-bond acceptors (Lipinski definition) is 2. The fourth-order valence-electron chi connectivity index (χ4n) is 2.40. The van der Waals surface area contributed by atoms with E-state index in [0.29, 0.717) is 13.1 Å². The molecule has 1 aromatic carbocycles. The fraction of sp³-hybridized carbons (Fsp3) is 0.500. The number of nitrogens with one attached hydrogen (secondary N) is 1. The van der Waals surface area contributed by atoms with Gasteiger partial charge in [0, 0.05) is 29.7 Å². The molecule has 0 radical (unpaired) electrons. The SMILES string of the molecule is CNC1CCCN(C(=O)C(F)(F)c2cccc(Cl)c2)C1.Cl. The highest BCUT2D eigenvalue weighted by Crippen LogP contribution is 2.32. The van der Waals surface area contributed by atoms with Gasteiger partial charge in [-0.05, 0) is 32.0 Å². The molecular weight excluding hydrogens is 321 g/mol. The third kappa shape index (κ3) is 4.05. The average molecular weight is 339 g/mol. The van der Waals surface area contributed by atoms with Crippen LogP contribution in [-0.4, -0.2) is 37.0 Å².